The average Bonchev–Trinajstić information content (AvgIpc) is 2.15. The quantitative estimate of drug-likeness (QED) is 0.470. The predicted octanol–water partition coefficient (Wildman–Crippen LogP) is 3.49. The molecule has 2 nitrogen and oxygen atoms in total. The molecule has 0 radical (unpaired) electrons. The van der Waals surface area contributed by atoms with Crippen LogP contribution in [0.15, 0.2) is 30.3 Å². The second kappa shape index (κ2) is 4.82. The van der Waals surface area contributed by atoms with Crippen LogP contribution in [0.25, 0.3) is 0 Å². The molecule has 0 aromatic heterocycles. The van der Waals surface area contributed by atoms with Gasteiger partial charge in [-0.2, -0.15) is 31.2 Å². The Morgan fingerprint density at radius 1 is 0.824 bits per heavy atom. The summed E-state index contributed by atoms with van der Waals surface area (Å²) in [6.45, 7) is 0. The van der Waals surface area contributed by atoms with Gasteiger partial charge in [-0.1, -0.05) is 18.2 Å². The van der Waals surface area contributed by atoms with E-state index in [0.717, 1.165) is 12.1 Å². The zero-order valence-corrected chi connectivity index (χ0v) is 8.05. The number of hydrogen-bond donors (Lipinski definition) is 0. The van der Waals surface area contributed by atoms with Crippen LogP contribution in [-0.4, -0.2) is 18.5 Å². The van der Waals surface area contributed by atoms with Gasteiger partial charge in [0.2, 0.25) is 0 Å². The van der Waals surface area contributed by atoms with Crippen molar-refractivity contribution in [1.82, 2.24) is 0 Å². The van der Waals surface area contributed by atoms with Gasteiger partial charge in [0.1, 0.15) is 0 Å². The summed E-state index contributed by atoms with van der Waals surface area (Å²) in [4.78, 5) is 7.39. The minimum atomic E-state index is -5.59. The van der Waals surface area contributed by atoms with E-state index >= 15 is 0 Å². The van der Waals surface area contributed by atoms with Crippen LogP contribution in [0.2, 0.25) is 0 Å². The standard InChI is InChI=1S/C9H6F6O2/c10-8(11,12)7(9(13,14)15)17-16-6-4-2-1-3-5-6/h1-5,7H. The first-order valence-corrected chi connectivity index (χ1v) is 4.23. The molecule has 0 aliphatic carbocycles. The normalized spacial score (nSPS) is 12.9. The fraction of sp³-hybridized carbons (Fsp3) is 0.333. The minimum absolute atomic E-state index is 0.258. The van der Waals surface area contributed by atoms with Gasteiger partial charge in [-0.3, -0.25) is 0 Å². The minimum Gasteiger partial charge on any atom is -0.337 e. The Bertz CT molecular complexity index is 331. The summed E-state index contributed by atoms with van der Waals surface area (Å²) in [6.07, 6.45) is -15.2. The lowest BCUT2D eigenvalue weighted by Crippen LogP contribution is -2.45. The van der Waals surface area contributed by atoms with Crippen molar-refractivity contribution in [1.29, 1.82) is 0 Å². The van der Waals surface area contributed by atoms with Crippen LogP contribution >= 0.6 is 0 Å². The summed E-state index contributed by atoms with van der Waals surface area (Å²) >= 11 is 0. The molecule has 1 aromatic carbocycles. The lowest BCUT2D eigenvalue weighted by molar-refractivity contribution is -0.397. The second-order valence-electron chi connectivity index (χ2n) is 2.96. The molecule has 1 rings (SSSR count). The maximum absolute atomic E-state index is 12.0. The smallest absolute Gasteiger partial charge is 0.337 e. The lowest BCUT2D eigenvalue weighted by atomic mass is 10.3. The van der Waals surface area contributed by atoms with Crippen LogP contribution in [0.3, 0.4) is 0 Å². The average molecular weight is 260 g/mol. The molecule has 0 unspecified atom stereocenters. The van der Waals surface area contributed by atoms with Crippen LogP contribution in [0, 0.1) is 0 Å². The number of benzene rings is 1. The van der Waals surface area contributed by atoms with Crippen molar-refractivity contribution < 1.29 is 36.1 Å². The van der Waals surface area contributed by atoms with E-state index in [0.29, 0.717) is 0 Å². The summed E-state index contributed by atoms with van der Waals surface area (Å²) in [5.41, 5.74) is 0. The van der Waals surface area contributed by atoms with Gasteiger partial charge in [-0.05, 0) is 12.1 Å². The molecule has 17 heavy (non-hydrogen) atoms. The fourth-order valence-corrected chi connectivity index (χ4v) is 0.874. The third-order valence-electron chi connectivity index (χ3n) is 1.58. The molecule has 8 heteroatoms. The van der Waals surface area contributed by atoms with Gasteiger partial charge in [-0.25, -0.2) is 0 Å². The number of rotatable bonds is 3. The van der Waals surface area contributed by atoms with E-state index in [9.17, 15) is 26.3 Å². The fourth-order valence-electron chi connectivity index (χ4n) is 0.874. The number of hydrogen-bond acceptors (Lipinski definition) is 2. The maximum Gasteiger partial charge on any atom is 0.427 e. The van der Waals surface area contributed by atoms with Crippen molar-refractivity contribution in [2.75, 3.05) is 0 Å². The topological polar surface area (TPSA) is 18.5 Å². The second-order valence-corrected chi connectivity index (χ2v) is 2.96. The highest BCUT2D eigenvalue weighted by Crippen LogP contribution is 2.35. The van der Waals surface area contributed by atoms with E-state index in [1.54, 1.807) is 0 Å². The number of alkyl halides is 6. The monoisotopic (exact) mass is 260 g/mol. The summed E-state index contributed by atoms with van der Waals surface area (Å²) in [6, 6.07) is 6.56. The molecule has 0 atom stereocenters. The van der Waals surface area contributed by atoms with Gasteiger partial charge in [0.05, 0.1) is 0 Å². The van der Waals surface area contributed by atoms with E-state index in [-0.39, 0.29) is 5.75 Å². The Balaban J connectivity index is 2.70. The first kappa shape index (κ1) is 13.6. The Morgan fingerprint density at radius 3 is 1.71 bits per heavy atom. The highest BCUT2D eigenvalue weighted by atomic mass is 19.4. The van der Waals surface area contributed by atoms with Gasteiger partial charge in [0, 0.05) is 0 Å². The molecule has 0 saturated heterocycles. The summed E-state index contributed by atoms with van der Waals surface area (Å²) in [7, 11) is 0. The molecule has 0 saturated carbocycles. The predicted molar refractivity (Wildman–Crippen MR) is 44.1 cm³/mol. The molecule has 0 N–H and O–H groups in total. The summed E-state index contributed by atoms with van der Waals surface area (Å²) in [5.74, 6) is -0.258. The van der Waals surface area contributed by atoms with Crippen molar-refractivity contribution in [2.45, 2.75) is 18.5 Å². The Kier molecular flexibility index (Phi) is 3.87. The largest absolute Gasteiger partial charge is 0.427 e. The van der Waals surface area contributed by atoms with Crippen molar-refractivity contribution in [3.05, 3.63) is 30.3 Å². The van der Waals surface area contributed by atoms with E-state index < -0.39 is 18.5 Å². The maximum atomic E-state index is 12.0. The Hall–Kier alpha value is -1.44. The van der Waals surface area contributed by atoms with Gasteiger partial charge >= 0.3 is 12.4 Å². The molecular weight excluding hydrogens is 254 g/mol. The van der Waals surface area contributed by atoms with E-state index in [4.69, 9.17) is 0 Å². The molecule has 96 valence electrons. The third-order valence-corrected chi connectivity index (χ3v) is 1.58. The molecule has 0 fully saturated rings. The summed E-state index contributed by atoms with van der Waals surface area (Å²) < 4.78 is 72.0. The van der Waals surface area contributed by atoms with Gasteiger partial charge in [0.25, 0.3) is 6.10 Å². The molecule has 0 aliphatic heterocycles. The van der Waals surface area contributed by atoms with E-state index in [1.165, 1.54) is 18.2 Å². The van der Waals surface area contributed by atoms with Crippen molar-refractivity contribution in [2.24, 2.45) is 0 Å². The van der Waals surface area contributed by atoms with E-state index in [1.807, 2.05) is 0 Å². The van der Waals surface area contributed by atoms with Crippen molar-refractivity contribution in [3.63, 3.8) is 0 Å². The zero-order valence-electron chi connectivity index (χ0n) is 8.05. The highest BCUT2D eigenvalue weighted by Gasteiger charge is 2.59. The van der Waals surface area contributed by atoms with Crippen LogP contribution in [0.5, 0.6) is 5.75 Å². The summed E-state index contributed by atoms with van der Waals surface area (Å²) in [5, 5.41) is 0. The molecule has 0 heterocycles. The van der Waals surface area contributed by atoms with Crippen LogP contribution < -0.4 is 4.89 Å². The lowest BCUT2D eigenvalue weighted by Gasteiger charge is -2.21. The van der Waals surface area contributed by atoms with Crippen LogP contribution in [0.1, 0.15) is 0 Å². The molecular formula is C9H6F6O2. The van der Waals surface area contributed by atoms with Gasteiger partial charge in [0.15, 0.2) is 5.75 Å². The molecule has 1 aromatic rings. The third kappa shape index (κ3) is 4.14. The van der Waals surface area contributed by atoms with E-state index in [2.05, 4.69) is 9.78 Å². The van der Waals surface area contributed by atoms with Gasteiger partial charge < -0.3 is 4.89 Å². The highest BCUT2D eigenvalue weighted by molar-refractivity contribution is 5.20. The number of para-hydroxylation sites is 1. The van der Waals surface area contributed by atoms with Crippen molar-refractivity contribution >= 4 is 0 Å². The van der Waals surface area contributed by atoms with Crippen molar-refractivity contribution in [3.8, 4) is 5.75 Å². The zero-order chi connectivity index (χ0) is 13.1. The Labute approximate surface area is 91.7 Å². The first-order chi connectivity index (χ1) is 7.71. The SMILES string of the molecule is FC(F)(F)C(OOc1ccccc1)C(F)(F)F. The molecule has 0 amide bonds. The van der Waals surface area contributed by atoms with Crippen LogP contribution in [-0.2, 0) is 4.89 Å². The van der Waals surface area contributed by atoms with Crippen LogP contribution in [0.4, 0.5) is 26.3 Å². The molecule has 0 spiro atoms. The Morgan fingerprint density at radius 2 is 1.29 bits per heavy atom. The van der Waals surface area contributed by atoms with Gasteiger partial charge in [-0.15, -0.1) is 0 Å². The molecule has 0 aliphatic rings. The first-order valence-electron chi connectivity index (χ1n) is 4.23. The molecule has 0 bridgehead atoms. The number of halogens is 6.